The van der Waals surface area contributed by atoms with Crippen molar-refractivity contribution in [1.82, 2.24) is 15.0 Å². The number of benzene rings is 8. The molecule has 2 aromatic heterocycles. The monoisotopic (exact) mass is 728 g/mol. The van der Waals surface area contributed by atoms with Gasteiger partial charge in [-0.25, -0.2) is 15.0 Å². The van der Waals surface area contributed by atoms with Crippen LogP contribution in [0.2, 0.25) is 0 Å². The number of furan rings is 1. The number of rotatable bonds is 7. The van der Waals surface area contributed by atoms with Crippen LogP contribution in [0.5, 0.6) is 0 Å². The average molecular weight is 729 g/mol. The fourth-order valence-corrected chi connectivity index (χ4v) is 7.62. The number of hydrogen-bond donors (Lipinski definition) is 0. The molecule has 0 amide bonds. The van der Waals surface area contributed by atoms with Crippen molar-refractivity contribution in [3.63, 3.8) is 0 Å². The molecule has 57 heavy (non-hydrogen) atoms. The minimum Gasteiger partial charge on any atom is -0.456 e. The van der Waals surface area contributed by atoms with Crippen LogP contribution in [-0.2, 0) is 0 Å². The Morgan fingerprint density at radius 1 is 0.351 bits per heavy atom. The summed E-state index contributed by atoms with van der Waals surface area (Å²) in [7, 11) is 0. The van der Waals surface area contributed by atoms with E-state index in [9.17, 15) is 5.26 Å². The van der Waals surface area contributed by atoms with E-state index in [0.717, 1.165) is 72.0 Å². The molecule has 0 spiro atoms. The molecule has 10 rings (SSSR count). The molecule has 0 aliphatic carbocycles. The third-order valence-corrected chi connectivity index (χ3v) is 10.4. The third kappa shape index (κ3) is 6.32. The van der Waals surface area contributed by atoms with Gasteiger partial charge in [0.1, 0.15) is 11.2 Å². The van der Waals surface area contributed by atoms with Gasteiger partial charge in [0, 0.05) is 27.5 Å². The zero-order chi connectivity index (χ0) is 38.1. The molecule has 0 fully saturated rings. The first kappa shape index (κ1) is 33.6. The Morgan fingerprint density at radius 2 is 0.895 bits per heavy atom. The number of fused-ring (bicyclic) bond motifs is 3. The van der Waals surface area contributed by atoms with E-state index >= 15 is 0 Å². The van der Waals surface area contributed by atoms with Gasteiger partial charge in [0.25, 0.3) is 0 Å². The van der Waals surface area contributed by atoms with E-state index in [1.54, 1.807) is 0 Å². The highest BCUT2D eigenvalue weighted by Crippen LogP contribution is 2.40. The highest BCUT2D eigenvalue weighted by atomic mass is 16.3. The standard InChI is InChI=1S/C52H32N4O/c53-33-41-19-10-11-20-42(41)39-27-29-44(46(31-39)36-15-6-2-7-16-36)52-55-50(38-17-8-3-9-18-38)54-51(56-52)40-28-30-45-48(32-40)57-47-22-12-21-43(49(45)47)37-25-23-35(24-26-37)34-13-4-1-5-14-34/h1-32H. The van der Waals surface area contributed by atoms with E-state index in [1.807, 2.05) is 103 Å². The van der Waals surface area contributed by atoms with Gasteiger partial charge >= 0.3 is 0 Å². The molecule has 0 saturated carbocycles. The summed E-state index contributed by atoms with van der Waals surface area (Å²) in [5, 5.41) is 12.0. The molecule has 0 unspecified atom stereocenters. The molecule has 0 radical (unpaired) electrons. The first-order chi connectivity index (χ1) is 28.2. The lowest BCUT2D eigenvalue weighted by molar-refractivity contribution is 0.669. The predicted octanol–water partition coefficient (Wildman–Crippen LogP) is 13.3. The van der Waals surface area contributed by atoms with Gasteiger partial charge in [-0.2, -0.15) is 5.26 Å². The lowest BCUT2D eigenvalue weighted by atomic mass is 9.92. The number of nitriles is 1. The first-order valence-corrected chi connectivity index (χ1v) is 18.8. The normalized spacial score (nSPS) is 11.1. The zero-order valence-corrected chi connectivity index (χ0v) is 30.7. The third-order valence-electron chi connectivity index (χ3n) is 10.4. The van der Waals surface area contributed by atoms with Crippen molar-refractivity contribution in [3.8, 4) is 84.7 Å². The van der Waals surface area contributed by atoms with Gasteiger partial charge in [0.15, 0.2) is 17.5 Å². The molecule has 5 heteroatoms. The summed E-state index contributed by atoms with van der Waals surface area (Å²) < 4.78 is 6.56. The van der Waals surface area contributed by atoms with Crippen LogP contribution in [0.15, 0.2) is 199 Å². The molecule has 8 aromatic carbocycles. The lowest BCUT2D eigenvalue weighted by Crippen LogP contribution is -2.01. The van der Waals surface area contributed by atoms with Crippen molar-refractivity contribution in [2.24, 2.45) is 0 Å². The van der Waals surface area contributed by atoms with Gasteiger partial charge in [0.05, 0.1) is 11.6 Å². The van der Waals surface area contributed by atoms with Crippen LogP contribution < -0.4 is 0 Å². The van der Waals surface area contributed by atoms with E-state index < -0.39 is 0 Å². The molecule has 0 N–H and O–H groups in total. The van der Waals surface area contributed by atoms with Crippen LogP contribution in [0.3, 0.4) is 0 Å². The van der Waals surface area contributed by atoms with Crippen molar-refractivity contribution in [3.05, 3.63) is 200 Å². The number of hydrogen-bond acceptors (Lipinski definition) is 5. The van der Waals surface area contributed by atoms with Gasteiger partial charge in [-0.15, -0.1) is 0 Å². The minimum atomic E-state index is 0.538. The second-order valence-electron chi connectivity index (χ2n) is 13.9. The van der Waals surface area contributed by atoms with Crippen molar-refractivity contribution in [1.29, 1.82) is 5.26 Å². The molecular weight excluding hydrogens is 697 g/mol. The Hall–Kier alpha value is -7.94. The molecular formula is C52H32N4O. The van der Waals surface area contributed by atoms with Gasteiger partial charge in [-0.3, -0.25) is 0 Å². The van der Waals surface area contributed by atoms with E-state index in [0.29, 0.717) is 23.0 Å². The maximum Gasteiger partial charge on any atom is 0.164 e. The Bertz CT molecular complexity index is 3110. The van der Waals surface area contributed by atoms with Crippen molar-refractivity contribution in [2.45, 2.75) is 0 Å². The molecule has 2 heterocycles. The minimum absolute atomic E-state index is 0.538. The van der Waals surface area contributed by atoms with Gasteiger partial charge in [-0.1, -0.05) is 158 Å². The van der Waals surface area contributed by atoms with Crippen LogP contribution in [0.25, 0.3) is 101 Å². The van der Waals surface area contributed by atoms with Crippen molar-refractivity contribution in [2.75, 3.05) is 0 Å². The quantitative estimate of drug-likeness (QED) is 0.163. The SMILES string of the molecule is N#Cc1ccccc1-c1ccc(-c2nc(-c3ccccc3)nc(-c3ccc4c(c3)oc3cccc(-c5ccc(-c6ccccc6)cc5)c34)n2)c(-c2ccccc2)c1. The van der Waals surface area contributed by atoms with Crippen molar-refractivity contribution >= 4 is 21.9 Å². The molecule has 0 atom stereocenters. The molecule has 10 aromatic rings. The number of nitrogens with zero attached hydrogens (tertiary/aromatic N) is 4. The number of aromatic nitrogens is 3. The first-order valence-electron chi connectivity index (χ1n) is 18.8. The van der Waals surface area contributed by atoms with Crippen LogP contribution in [-0.4, -0.2) is 15.0 Å². The second-order valence-corrected chi connectivity index (χ2v) is 13.9. The van der Waals surface area contributed by atoms with Crippen molar-refractivity contribution < 1.29 is 4.42 Å². The maximum atomic E-state index is 9.91. The van der Waals surface area contributed by atoms with Crippen LogP contribution in [0.4, 0.5) is 0 Å². The summed E-state index contributed by atoms with van der Waals surface area (Å²) in [6.07, 6.45) is 0. The highest BCUT2D eigenvalue weighted by molar-refractivity contribution is 6.13. The van der Waals surface area contributed by atoms with E-state index in [4.69, 9.17) is 19.4 Å². The molecule has 0 bridgehead atoms. The summed E-state index contributed by atoms with van der Waals surface area (Å²) in [6, 6.07) is 68.0. The molecule has 0 aliphatic heterocycles. The van der Waals surface area contributed by atoms with E-state index in [2.05, 4.69) is 97.1 Å². The Labute approximate surface area is 329 Å². The van der Waals surface area contributed by atoms with Gasteiger partial charge in [0.2, 0.25) is 0 Å². The highest BCUT2D eigenvalue weighted by Gasteiger charge is 2.19. The van der Waals surface area contributed by atoms with Gasteiger partial charge < -0.3 is 4.42 Å². The summed E-state index contributed by atoms with van der Waals surface area (Å²) in [5.41, 5.74) is 13.1. The van der Waals surface area contributed by atoms with E-state index in [-0.39, 0.29) is 0 Å². The average Bonchev–Trinajstić information content (AvgIpc) is 3.68. The Balaban J connectivity index is 1.11. The molecule has 5 nitrogen and oxygen atoms in total. The molecule has 0 saturated heterocycles. The smallest absolute Gasteiger partial charge is 0.164 e. The Kier molecular flexibility index (Phi) is 8.48. The maximum absolute atomic E-state index is 9.91. The summed E-state index contributed by atoms with van der Waals surface area (Å²) >= 11 is 0. The Morgan fingerprint density at radius 3 is 1.63 bits per heavy atom. The zero-order valence-electron chi connectivity index (χ0n) is 30.7. The molecule has 0 aliphatic rings. The topological polar surface area (TPSA) is 75.6 Å². The van der Waals surface area contributed by atoms with E-state index in [1.165, 1.54) is 11.1 Å². The van der Waals surface area contributed by atoms with Crippen LogP contribution in [0.1, 0.15) is 5.56 Å². The molecule has 266 valence electrons. The summed E-state index contributed by atoms with van der Waals surface area (Å²) in [4.78, 5) is 15.3. The van der Waals surface area contributed by atoms with Crippen LogP contribution in [0, 0.1) is 11.3 Å². The fourth-order valence-electron chi connectivity index (χ4n) is 7.62. The lowest BCUT2D eigenvalue weighted by Gasteiger charge is -2.14. The summed E-state index contributed by atoms with van der Waals surface area (Å²) in [5.74, 6) is 1.65. The summed E-state index contributed by atoms with van der Waals surface area (Å²) in [6.45, 7) is 0. The second kappa shape index (κ2) is 14.4. The fraction of sp³-hybridized carbons (Fsp3) is 0. The van der Waals surface area contributed by atoms with Crippen LogP contribution >= 0.6 is 0 Å². The predicted molar refractivity (Wildman–Crippen MR) is 230 cm³/mol. The largest absolute Gasteiger partial charge is 0.456 e. The van der Waals surface area contributed by atoms with Gasteiger partial charge in [-0.05, 0) is 80.9 Å².